The first-order chi connectivity index (χ1) is 15.8. The molecule has 2 heterocycles. The number of benzene rings is 2. The van der Waals surface area contributed by atoms with Gasteiger partial charge in [0.25, 0.3) is 5.91 Å². The van der Waals surface area contributed by atoms with Gasteiger partial charge in [-0.1, -0.05) is 38.1 Å². The molecule has 2 aromatic carbocycles. The summed E-state index contributed by atoms with van der Waals surface area (Å²) < 4.78 is 19.3. The maximum atomic E-state index is 13.5. The predicted molar refractivity (Wildman–Crippen MR) is 124 cm³/mol. The number of piperidine rings is 1. The number of rotatable bonds is 7. The molecule has 1 atom stereocenters. The number of amides is 3. The van der Waals surface area contributed by atoms with Crippen LogP contribution in [0.15, 0.2) is 48.5 Å². The van der Waals surface area contributed by atoms with Crippen LogP contribution in [0.3, 0.4) is 0 Å². The second kappa shape index (κ2) is 9.91. The van der Waals surface area contributed by atoms with Crippen LogP contribution in [0.5, 0.6) is 5.75 Å². The molecule has 6 nitrogen and oxygen atoms in total. The summed E-state index contributed by atoms with van der Waals surface area (Å²) in [6.07, 6.45) is 1.62. The summed E-state index contributed by atoms with van der Waals surface area (Å²) in [4.78, 5) is 32.3. The van der Waals surface area contributed by atoms with E-state index < -0.39 is 6.04 Å². The zero-order valence-electron chi connectivity index (χ0n) is 19.5. The van der Waals surface area contributed by atoms with Crippen molar-refractivity contribution in [3.05, 3.63) is 65.5 Å². The summed E-state index contributed by atoms with van der Waals surface area (Å²) >= 11 is 0. The Morgan fingerprint density at radius 3 is 2.24 bits per heavy atom. The number of imide groups is 1. The Morgan fingerprint density at radius 1 is 1.00 bits per heavy atom. The minimum absolute atomic E-state index is 0.0236. The molecule has 4 rings (SSSR count). The Hall–Kier alpha value is -2.93. The summed E-state index contributed by atoms with van der Waals surface area (Å²) in [6, 6.07) is 12.4. The highest BCUT2D eigenvalue weighted by Crippen LogP contribution is 2.36. The lowest BCUT2D eigenvalue weighted by molar-refractivity contribution is -0.129. The molecule has 0 saturated carbocycles. The summed E-state index contributed by atoms with van der Waals surface area (Å²) in [5.74, 6) is 0.575. The smallest absolute Gasteiger partial charge is 0.328 e. The first-order valence-corrected chi connectivity index (χ1v) is 11.6. The fourth-order valence-corrected chi connectivity index (χ4v) is 4.48. The van der Waals surface area contributed by atoms with Gasteiger partial charge in [-0.15, -0.1) is 0 Å². The average Bonchev–Trinajstić information content (AvgIpc) is 3.04. The fourth-order valence-electron chi connectivity index (χ4n) is 4.48. The Labute approximate surface area is 194 Å². The largest absolute Gasteiger partial charge is 0.493 e. The second-order valence-corrected chi connectivity index (χ2v) is 9.45. The van der Waals surface area contributed by atoms with E-state index in [1.165, 1.54) is 17.0 Å². The van der Waals surface area contributed by atoms with Crippen molar-refractivity contribution in [3.8, 4) is 5.75 Å². The average molecular weight is 454 g/mol. The third kappa shape index (κ3) is 5.19. The Balaban J connectivity index is 1.56. The Kier molecular flexibility index (Phi) is 6.98. The van der Waals surface area contributed by atoms with Crippen LogP contribution in [0.25, 0.3) is 0 Å². The van der Waals surface area contributed by atoms with E-state index >= 15 is 0 Å². The molecule has 2 aliphatic heterocycles. The van der Waals surface area contributed by atoms with E-state index in [0.717, 1.165) is 37.2 Å². The summed E-state index contributed by atoms with van der Waals surface area (Å²) in [5, 5.41) is 0. The van der Waals surface area contributed by atoms with Crippen LogP contribution in [0.1, 0.15) is 43.9 Å². The number of likely N-dealkylation sites (tertiary alicyclic amines) is 1. The van der Waals surface area contributed by atoms with E-state index in [1.807, 2.05) is 24.3 Å². The first kappa shape index (κ1) is 23.2. The van der Waals surface area contributed by atoms with Crippen LogP contribution >= 0.6 is 0 Å². The minimum Gasteiger partial charge on any atom is -0.493 e. The maximum Gasteiger partial charge on any atom is 0.328 e. The van der Waals surface area contributed by atoms with Gasteiger partial charge in [0, 0.05) is 6.04 Å². The Bertz CT molecular complexity index is 969. The van der Waals surface area contributed by atoms with Gasteiger partial charge < -0.3 is 14.5 Å². The number of hydrogen-bond acceptors (Lipinski definition) is 4. The van der Waals surface area contributed by atoms with Crippen LogP contribution in [0.4, 0.5) is 9.18 Å². The molecule has 0 radical (unpaired) electrons. The lowest BCUT2D eigenvalue weighted by atomic mass is 9.99. The van der Waals surface area contributed by atoms with Crippen molar-refractivity contribution in [2.24, 2.45) is 5.92 Å². The zero-order valence-corrected chi connectivity index (χ0v) is 19.5. The van der Waals surface area contributed by atoms with Crippen LogP contribution < -0.4 is 4.74 Å². The standard InChI is InChI=1S/C26H32FN3O3/c1-18(2)17-33-23-10-4-19(5-11-23)16-29-25(31)24(20-6-8-21(27)9-7-20)30(26(29)32)22-12-14-28(3)15-13-22/h4-11,18,22,24H,12-17H2,1-3H3. The highest BCUT2D eigenvalue weighted by molar-refractivity contribution is 6.04. The maximum absolute atomic E-state index is 13.5. The van der Waals surface area contributed by atoms with Gasteiger partial charge in [-0.3, -0.25) is 9.69 Å². The molecule has 0 spiro atoms. The first-order valence-electron chi connectivity index (χ1n) is 11.6. The fraction of sp³-hybridized carbons (Fsp3) is 0.462. The lowest BCUT2D eigenvalue weighted by Gasteiger charge is -2.37. The van der Waals surface area contributed by atoms with Crippen molar-refractivity contribution in [2.75, 3.05) is 26.7 Å². The molecule has 3 amide bonds. The van der Waals surface area contributed by atoms with E-state index in [9.17, 15) is 14.0 Å². The third-order valence-electron chi connectivity index (χ3n) is 6.34. The molecule has 0 aliphatic carbocycles. The quantitative estimate of drug-likeness (QED) is 0.581. The molecule has 0 aromatic heterocycles. The van der Waals surface area contributed by atoms with Crippen molar-refractivity contribution in [3.63, 3.8) is 0 Å². The van der Waals surface area contributed by atoms with Gasteiger partial charge in [0.15, 0.2) is 0 Å². The molecule has 7 heteroatoms. The Morgan fingerprint density at radius 2 is 1.64 bits per heavy atom. The predicted octanol–water partition coefficient (Wildman–Crippen LogP) is 4.46. The van der Waals surface area contributed by atoms with Crippen LogP contribution in [0, 0.1) is 11.7 Å². The lowest BCUT2D eigenvalue weighted by Crippen LogP contribution is -2.46. The SMILES string of the molecule is CC(C)COc1ccc(CN2C(=O)C(c3ccc(F)cc3)N(C3CCN(C)CC3)C2=O)cc1. The van der Waals surface area contributed by atoms with E-state index in [1.54, 1.807) is 17.0 Å². The van der Waals surface area contributed by atoms with Crippen molar-refractivity contribution in [1.29, 1.82) is 0 Å². The van der Waals surface area contributed by atoms with Gasteiger partial charge in [-0.2, -0.15) is 0 Å². The number of hydrogen-bond donors (Lipinski definition) is 0. The van der Waals surface area contributed by atoms with Gasteiger partial charge in [0.2, 0.25) is 0 Å². The molecule has 2 saturated heterocycles. The molecule has 2 fully saturated rings. The molecule has 33 heavy (non-hydrogen) atoms. The van der Waals surface area contributed by atoms with E-state index in [0.29, 0.717) is 18.1 Å². The van der Waals surface area contributed by atoms with Crippen molar-refractivity contribution >= 4 is 11.9 Å². The minimum atomic E-state index is -0.722. The molecule has 2 aromatic rings. The summed E-state index contributed by atoms with van der Waals surface area (Å²) in [6.45, 7) is 6.75. The molecule has 176 valence electrons. The van der Waals surface area contributed by atoms with Crippen molar-refractivity contribution in [1.82, 2.24) is 14.7 Å². The number of urea groups is 1. The molecular formula is C26H32FN3O3. The monoisotopic (exact) mass is 453 g/mol. The number of ether oxygens (including phenoxy) is 1. The molecule has 0 N–H and O–H groups in total. The highest BCUT2D eigenvalue weighted by atomic mass is 19.1. The van der Waals surface area contributed by atoms with Crippen LogP contribution in [-0.4, -0.2) is 59.4 Å². The van der Waals surface area contributed by atoms with Crippen LogP contribution in [-0.2, 0) is 11.3 Å². The van der Waals surface area contributed by atoms with E-state index in [4.69, 9.17) is 4.74 Å². The molecule has 1 unspecified atom stereocenters. The summed E-state index contributed by atoms with van der Waals surface area (Å²) in [7, 11) is 2.06. The van der Waals surface area contributed by atoms with Gasteiger partial charge in [0.05, 0.1) is 13.2 Å². The third-order valence-corrected chi connectivity index (χ3v) is 6.34. The van der Waals surface area contributed by atoms with E-state index in [-0.39, 0.29) is 30.3 Å². The van der Waals surface area contributed by atoms with Gasteiger partial charge >= 0.3 is 6.03 Å². The van der Waals surface area contributed by atoms with Crippen molar-refractivity contribution in [2.45, 2.75) is 45.3 Å². The molecule has 0 bridgehead atoms. The number of carbonyl (C=O) groups excluding carboxylic acids is 2. The van der Waals surface area contributed by atoms with Gasteiger partial charge in [-0.05, 0) is 74.3 Å². The number of carbonyl (C=O) groups is 2. The molecular weight excluding hydrogens is 421 g/mol. The number of nitrogens with zero attached hydrogens (tertiary/aromatic N) is 3. The normalized spacial score (nSPS) is 20.2. The topological polar surface area (TPSA) is 53.1 Å². The van der Waals surface area contributed by atoms with Gasteiger partial charge in [-0.25, -0.2) is 9.18 Å². The van der Waals surface area contributed by atoms with Crippen molar-refractivity contribution < 1.29 is 18.7 Å². The number of halogens is 1. The van der Waals surface area contributed by atoms with E-state index in [2.05, 4.69) is 25.8 Å². The van der Waals surface area contributed by atoms with Crippen LogP contribution in [0.2, 0.25) is 0 Å². The molecule has 2 aliphatic rings. The second-order valence-electron chi connectivity index (χ2n) is 9.45. The zero-order chi connectivity index (χ0) is 23.5. The summed E-state index contributed by atoms with van der Waals surface area (Å²) in [5.41, 5.74) is 1.50. The highest BCUT2D eigenvalue weighted by Gasteiger charge is 2.48. The van der Waals surface area contributed by atoms with Gasteiger partial charge in [0.1, 0.15) is 17.6 Å².